The molecule has 1 saturated carbocycles. The summed E-state index contributed by atoms with van der Waals surface area (Å²) in [7, 11) is 2.14. The van der Waals surface area contributed by atoms with E-state index in [4.69, 9.17) is 18.9 Å². The number of amides is 3. The molecule has 0 bridgehead atoms. The van der Waals surface area contributed by atoms with E-state index in [9.17, 15) is 14.7 Å². The number of hydrogen-bond donors (Lipinski definition) is 3. The largest absolute Gasteiger partial charge is 0.490 e. The third kappa shape index (κ3) is 9.02. The van der Waals surface area contributed by atoms with E-state index in [2.05, 4.69) is 29.5 Å². The summed E-state index contributed by atoms with van der Waals surface area (Å²) in [6.45, 7) is 8.81. The predicted octanol–water partition coefficient (Wildman–Crippen LogP) is 5.20. The molecule has 11 nitrogen and oxygen atoms in total. The van der Waals surface area contributed by atoms with E-state index < -0.39 is 12.1 Å². The number of fused-ring (bicyclic) bond motifs is 2. The highest BCUT2D eigenvalue weighted by atomic mass is 16.7. The number of aliphatic hydroxyl groups excluding tert-OH is 1. The molecule has 2 aromatic rings. The van der Waals surface area contributed by atoms with Crippen molar-refractivity contribution < 1.29 is 33.6 Å². The lowest BCUT2D eigenvalue weighted by atomic mass is 10.0. The van der Waals surface area contributed by atoms with E-state index in [1.165, 1.54) is 12.8 Å². The number of carbonyl (C=O) groups excluding carboxylic acids is 2. The fraction of sp³-hybridized carbons (Fsp3) is 0.588. The van der Waals surface area contributed by atoms with Crippen molar-refractivity contribution in [3.8, 4) is 17.2 Å². The number of urea groups is 1. The first-order valence-corrected chi connectivity index (χ1v) is 16.2. The van der Waals surface area contributed by atoms with E-state index in [0.29, 0.717) is 47.3 Å². The van der Waals surface area contributed by atoms with Crippen LogP contribution in [0.1, 0.15) is 63.2 Å². The van der Waals surface area contributed by atoms with Crippen molar-refractivity contribution in [2.75, 3.05) is 57.3 Å². The number of hydrogen-bond acceptors (Lipinski definition) is 8. The van der Waals surface area contributed by atoms with Crippen LogP contribution in [0.3, 0.4) is 0 Å². The molecular formula is C34H48N4O7. The molecule has 0 aromatic heterocycles. The second kappa shape index (κ2) is 15.2. The summed E-state index contributed by atoms with van der Waals surface area (Å²) in [5.41, 5.74) is 1.31. The van der Waals surface area contributed by atoms with Crippen molar-refractivity contribution in [2.24, 2.45) is 11.8 Å². The number of carbonyl (C=O) groups is 2. The topological polar surface area (TPSA) is 122 Å². The molecule has 45 heavy (non-hydrogen) atoms. The highest BCUT2D eigenvalue weighted by Crippen LogP contribution is 2.34. The summed E-state index contributed by atoms with van der Waals surface area (Å²) in [5.74, 6) is 2.16. The van der Waals surface area contributed by atoms with E-state index in [1.807, 2.05) is 13.8 Å². The van der Waals surface area contributed by atoms with Gasteiger partial charge in [0, 0.05) is 49.6 Å². The zero-order valence-corrected chi connectivity index (χ0v) is 26.9. The Bertz CT molecular complexity index is 1320. The molecular weight excluding hydrogens is 576 g/mol. The van der Waals surface area contributed by atoms with Crippen LogP contribution in [0.2, 0.25) is 0 Å². The molecule has 1 fully saturated rings. The van der Waals surface area contributed by atoms with Crippen LogP contribution in [0.15, 0.2) is 36.4 Å². The van der Waals surface area contributed by atoms with Gasteiger partial charge in [0.1, 0.15) is 5.75 Å². The van der Waals surface area contributed by atoms with Crippen molar-refractivity contribution in [3.05, 3.63) is 42.0 Å². The van der Waals surface area contributed by atoms with Gasteiger partial charge in [0.25, 0.3) is 5.91 Å². The number of nitrogens with one attached hydrogen (secondary N) is 2. The Morgan fingerprint density at radius 3 is 2.44 bits per heavy atom. The van der Waals surface area contributed by atoms with Gasteiger partial charge >= 0.3 is 6.03 Å². The first kappa shape index (κ1) is 32.8. The van der Waals surface area contributed by atoms with Gasteiger partial charge in [0.15, 0.2) is 11.5 Å². The van der Waals surface area contributed by atoms with E-state index in [0.717, 1.165) is 38.3 Å². The number of nitrogens with zero attached hydrogens (tertiary/aromatic N) is 2. The third-order valence-corrected chi connectivity index (χ3v) is 8.70. The molecule has 3 amide bonds. The molecule has 0 saturated heterocycles. The molecule has 2 aliphatic heterocycles. The summed E-state index contributed by atoms with van der Waals surface area (Å²) in [6.07, 6.45) is 5.07. The summed E-state index contributed by atoms with van der Waals surface area (Å²) >= 11 is 0. The van der Waals surface area contributed by atoms with Crippen LogP contribution in [0.4, 0.5) is 16.2 Å². The monoisotopic (exact) mass is 624 g/mol. The van der Waals surface area contributed by atoms with Gasteiger partial charge in [-0.05, 0) is 89.2 Å². The SMILES string of the molecule is C[C@H](CO)N1C[C@H](C)[C@H](CN(C)CC2CC2)OCCCC[C@H](C)Oc2ccc(NC(=O)Nc3ccc4c(c3)OCO4)cc2C1=O. The zero-order chi connectivity index (χ0) is 31.9. The summed E-state index contributed by atoms with van der Waals surface area (Å²) in [6, 6.07) is 9.35. The summed E-state index contributed by atoms with van der Waals surface area (Å²) in [5, 5.41) is 15.8. The van der Waals surface area contributed by atoms with Gasteiger partial charge in [0.05, 0.1) is 30.4 Å². The Hall–Kier alpha value is -3.54. The van der Waals surface area contributed by atoms with Crippen molar-refractivity contribution in [2.45, 2.75) is 71.1 Å². The van der Waals surface area contributed by atoms with Gasteiger partial charge in [-0.1, -0.05) is 6.92 Å². The van der Waals surface area contributed by atoms with Crippen LogP contribution < -0.4 is 24.8 Å². The Morgan fingerprint density at radius 1 is 1.00 bits per heavy atom. The van der Waals surface area contributed by atoms with E-state index in [-0.39, 0.29) is 37.4 Å². The minimum Gasteiger partial charge on any atom is -0.490 e. The summed E-state index contributed by atoms with van der Waals surface area (Å²) < 4.78 is 23.5. The molecule has 2 aromatic carbocycles. The smallest absolute Gasteiger partial charge is 0.323 e. The molecule has 2 heterocycles. The first-order chi connectivity index (χ1) is 21.7. The van der Waals surface area contributed by atoms with Crippen LogP contribution in [-0.4, -0.2) is 91.8 Å². The Balaban J connectivity index is 1.37. The zero-order valence-electron chi connectivity index (χ0n) is 26.9. The third-order valence-electron chi connectivity index (χ3n) is 8.70. The van der Waals surface area contributed by atoms with E-state index in [1.54, 1.807) is 41.3 Å². The van der Waals surface area contributed by atoms with Crippen molar-refractivity contribution in [1.29, 1.82) is 0 Å². The number of anilines is 2. The molecule has 246 valence electrons. The Labute approximate surface area is 266 Å². The summed E-state index contributed by atoms with van der Waals surface area (Å²) in [4.78, 5) is 31.3. The first-order valence-electron chi connectivity index (χ1n) is 16.2. The van der Waals surface area contributed by atoms with Gasteiger partial charge in [-0.3, -0.25) is 4.79 Å². The standard InChI is InChI=1S/C34H48N4O7/c1-22-17-38(23(2)20-39)33(40)28-15-26(35-34(41)36-27-11-13-30-31(16-27)44-21-43-30)10-12-29(28)45-24(3)7-5-6-14-42-32(22)19-37(4)18-25-8-9-25/h10-13,15-16,22-25,32,39H,5-9,14,17-21H2,1-4H3,(H2,35,36,41)/t22-,23+,24-,32-/m0/s1. The molecule has 11 heteroatoms. The minimum atomic E-state index is -0.471. The molecule has 3 aliphatic rings. The lowest BCUT2D eigenvalue weighted by Crippen LogP contribution is -2.47. The molecule has 0 spiro atoms. The van der Waals surface area contributed by atoms with Crippen LogP contribution in [0.25, 0.3) is 0 Å². The number of likely N-dealkylation sites (N-methyl/N-ethyl adjacent to an activating group) is 1. The molecule has 4 atom stereocenters. The van der Waals surface area contributed by atoms with Gasteiger partial charge in [-0.15, -0.1) is 0 Å². The lowest BCUT2D eigenvalue weighted by Gasteiger charge is -2.36. The van der Waals surface area contributed by atoms with Gasteiger partial charge < -0.3 is 44.5 Å². The number of benzene rings is 2. The molecule has 3 N–H and O–H groups in total. The van der Waals surface area contributed by atoms with Crippen molar-refractivity contribution in [1.82, 2.24) is 9.80 Å². The molecule has 0 radical (unpaired) electrons. The second-order valence-corrected chi connectivity index (χ2v) is 12.8. The lowest BCUT2D eigenvalue weighted by molar-refractivity contribution is -0.0172. The van der Waals surface area contributed by atoms with Crippen molar-refractivity contribution >= 4 is 23.3 Å². The van der Waals surface area contributed by atoms with Crippen molar-refractivity contribution in [3.63, 3.8) is 0 Å². The van der Waals surface area contributed by atoms with Crippen LogP contribution in [-0.2, 0) is 4.74 Å². The number of aliphatic hydroxyl groups is 1. The van der Waals surface area contributed by atoms with E-state index >= 15 is 0 Å². The number of ether oxygens (including phenoxy) is 4. The van der Waals surface area contributed by atoms with Gasteiger partial charge in [0.2, 0.25) is 6.79 Å². The predicted molar refractivity (Wildman–Crippen MR) is 172 cm³/mol. The second-order valence-electron chi connectivity index (χ2n) is 12.8. The highest BCUT2D eigenvalue weighted by molar-refractivity contribution is 6.02. The molecule has 5 rings (SSSR count). The molecule has 1 aliphatic carbocycles. The van der Waals surface area contributed by atoms with Crippen LogP contribution >= 0.6 is 0 Å². The van der Waals surface area contributed by atoms with Gasteiger partial charge in [-0.25, -0.2) is 4.79 Å². The number of rotatable bonds is 8. The maximum absolute atomic E-state index is 14.3. The van der Waals surface area contributed by atoms with Crippen LogP contribution in [0, 0.1) is 11.8 Å². The van der Waals surface area contributed by atoms with Gasteiger partial charge in [-0.2, -0.15) is 0 Å². The Kier molecular flexibility index (Phi) is 11.1. The average molecular weight is 625 g/mol. The minimum absolute atomic E-state index is 0.0182. The molecule has 0 unspecified atom stereocenters. The average Bonchev–Trinajstić information content (AvgIpc) is 3.70. The normalized spacial score (nSPS) is 23.1. The fourth-order valence-corrected chi connectivity index (χ4v) is 5.85. The Morgan fingerprint density at radius 2 is 1.71 bits per heavy atom. The highest BCUT2D eigenvalue weighted by Gasteiger charge is 2.31. The van der Waals surface area contributed by atoms with Crippen LogP contribution in [0.5, 0.6) is 17.2 Å². The maximum atomic E-state index is 14.3. The quantitative estimate of drug-likeness (QED) is 0.367. The fourth-order valence-electron chi connectivity index (χ4n) is 5.85. The maximum Gasteiger partial charge on any atom is 0.323 e.